The summed E-state index contributed by atoms with van der Waals surface area (Å²) in [7, 11) is 0. The molecular weight excluding hydrogens is 378 g/mol. The maximum absolute atomic E-state index is 12.5. The fourth-order valence-electron chi connectivity index (χ4n) is 3.04. The number of para-hydroxylation sites is 1. The largest absolute Gasteiger partial charge is 0.493 e. The van der Waals surface area contributed by atoms with E-state index in [4.69, 9.17) is 21.3 Å². The topological polar surface area (TPSA) is 169 Å². The molecule has 1 aliphatic rings. The van der Waals surface area contributed by atoms with Crippen LogP contribution >= 0.6 is 0 Å². The monoisotopic (exact) mass is 405 g/mol. The minimum absolute atomic E-state index is 0.0562. The van der Waals surface area contributed by atoms with Crippen LogP contribution in [0.3, 0.4) is 0 Å². The van der Waals surface area contributed by atoms with E-state index in [1.807, 2.05) is 0 Å². The van der Waals surface area contributed by atoms with E-state index >= 15 is 0 Å². The fourth-order valence-corrected chi connectivity index (χ4v) is 3.04. The van der Waals surface area contributed by atoms with Gasteiger partial charge in [-0.1, -0.05) is 12.1 Å². The number of guanidine groups is 1. The smallest absolute Gasteiger partial charge is 0.304 e. The molecule has 0 saturated carbocycles. The maximum Gasteiger partial charge on any atom is 0.304 e. The number of nitrogens with two attached hydrogens (primary N) is 2. The molecule has 1 fully saturated rings. The van der Waals surface area contributed by atoms with E-state index in [-0.39, 0.29) is 36.8 Å². The Kier molecular flexibility index (Phi) is 8.26. The first kappa shape index (κ1) is 22.0. The van der Waals surface area contributed by atoms with Gasteiger partial charge >= 0.3 is 5.97 Å². The molecular formula is C19H27N5O5. The number of amides is 2. The van der Waals surface area contributed by atoms with Crippen molar-refractivity contribution in [3.8, 4) is 5.75 Å². The van der Waals surface area contributed by atoms with E-state index in [0.717, 1.165) is 12.8 Å². The van der Waals surface area contributed by atoms with Gasteiger partial charge in [0.15, 0.2) is 5.96 Å². The Bertz CT molecular complexity index is 763. The standard InChI is InChI=1S/C19H27N5O5/c20-19(21)22-7-3-4-8-29-15-6-2-1-5-14(15)18(28)23-11-13-9-12(10-16(25)26)17(27)24-13/h1-2,5-6,12-13H,3-4,7-11H2,(H,23,28)(H,24,27)(H,25,26)(H4,20,21,22)/t12-,13-/m0/s1. The van der Waals surface area contributed by atoms with Gasteiger partial charge in [-0.2, -0.15) is 0 Å². The Labute approximate surface area is 168 Å². The van der Waals surface area contributed by atoms with Gasteiger partial charge in [0.1, 0.15) is 5.75 Å². The normalized spacial score (nSPS) is 18.0. The van der Waals surface area contributed by atoms with Crippen LogP contribution < -0.4 is 26.8 Å². The molecule has 1 heterocycles. The highest BCUT2D eigenvalue weighted by atomic mass is 16.5. The number of benzene rings is 1. The van der Waals surface area contributed by atoms with Crippen LogP contribution in [0, 0.1) is 5.92 Å². The van der Waals surface area contributed by atoms with Crippen molar-refractivity contribution in [2.75, 3.05) is 19.7 Å². The second-order valence-corrected chi connectivity index (χ2v) is 6.80. The van der Waals surface area contributed by atoms with Gasteiger partial charge in [-0.05, 0) is 31.4 Å². The highest BCUT2D eigenvalue weighted by molar-refractivity contribution is 5.97. The van der Waals surface area contributed by atoms with Gasteiger partial charge in [-0.25, -0.2) is 0 Å². The quantitative estimate of drug-likeness (QED) is 0.193. The first-order valence-corrected chi connectivity index (χ1v) is 9.44. The number of hydrogen-bond donors (Lipinski definition) is 5. The predicted molar refractivity (Wildman–Crippen MR) is 106 cm³/mol. The molecule has 0 unspecified atom stereocenters. The van der Waals surface area contributed by atoms with Crippen molar-refractivity contribution in [2.45, 2.75) is 31.7 Å². The molecule has 10 heteroatoms. The number of unbranched alkanes of at least 4 members (excludes halogenated alkanes) is 1. The number of carboxylic acids is 1. The number of carboxylic acid groups (broad SMARTS) is 1. The lowest BCUT2D eigenvalue weighted by atomic mass is 10.0. The summed E-state index contributed by atoms with van der Waals surface area (Å²) in [6.45, 7) is 1.15. The van der Waals surface area contributed by atoms with Crippen LogP contribution in [0.15, 0.2) is 29.3 Å². The summed E-state index contributed by atoms with van der Waals surface area (Å²) >= 11 is 0. The molecule has 158 valence electrons. The SMILES string of the molecule is NC(N)=NCCCCOc1ccccc1C(=O)NC[C@@H]1C[C@@H](CC(=O)O)C(=O)N1. The lowest BCUT2D eigenvalue weighted by molar-refractivity contribution is -0.140. The van der Waals surface area contributed by atoms with Gasteiger partial charge < -0.3 is 31.9 Å². The molecule has 0 bridgehead atoms. The highest BCUT2D eigenvalue weighted by Crippen LogP contribution is 2.20. The van der Waals surface area contributed by atoms with Crippen molar-refractivity contribution in [3.63, 3.8) is 0 Å². The fraction of sp³-hybridized carbons (Fsp3) is 0.474. The lowest BCUT2D eigenvalue weighted by Crippen LogP contribution is -2.38. The molecule has 7 N–H and O–H groups in total. The molecule has 1 aromatic carbocycles. The number of rotatable bonds is 11. The Hall–Kier alpha value is -3.30. The molecule has 0 spiro atoms. The predicted octanol–water partition coefficient (Wildman–Crippen LogP) is -0.172. The third-order valence-corrected chi connectivity index (χ3v) is 4.45. The van der Waals surface area contributed by atoms with Gasteiger partial charge in [-0.15, -0.1) is 0 Å². The average Bonchev–Trinajstić information content (AvgIpc) is 3.01. The van der Waals surface area contributed by atoms with Gasteiger partial charge in [0, 0.05) is 19.1 Å². The van der Waals surface area contributed by atoms with Crippen LogP contribution in [0.2, 0.25) is 0 Å². The maximum atomic E-state index is 12.5. The van der Waals surface area contributed by atoms with Crippen molar-refractivity contribution >= 4 is 23.7 Å². The van der Waals surface area contributed by atoms with Crippen molar-refractivity contribution in [1.29, 1.82) is 0 Å². The van der Waals surface area contributed by atoms with Crippen LogP contribution in [-0.4, -0.2) is 54.6 Å². The second-order valence-electron chi connectivity index (χ2n) is 6.80. The Balaban J connectivity index is 1.81. The second kappa shape index (κ2) is 10.9. The van der Waals surface area contributed by atoms with E-state index in [2.05, 4.69) is 15.6 Å². The van der Waals surface area contributed by atoms with Crippen LogP contribution in [0.1, 0.15) is 36.0 Å². The third kappa shape index (κ3) is 7.32. The van der Waals surface area contributed by atoms with Crippen molar-refractivity contribution < 1.29 is 24.2 Å². The Morgan fingerprint density at radius 2 is 2.03 bits per heavy atom. The molecule has 2 atom stereocenters. The first-order chi connectivity index (χ1) is 13.9. The molecule has 1 aromatic rings. The summed E-state index contributed by atoms with van der Waals surface area (Å²) in [4.78, 5) is 39.0. The molecule has 2 amide bonds. The number of nitrogens with one attached hydrogen (secondary N) is 2. The van der Waals surface area contributed by atoms with E-state index < -0.39 is 11.9 Å². The molecule has 1 aliphatic heterocycles. The van der Waals surface area contributed by atoms with Crippen molar-refractivity contribution in [3.05, 3.63) is 29.8 Å². The highest BCUT2D eigenvalue weighted by Gasteiger charge is 2.33. The van der Waals surface area contributed by atoms with E-state index in [1.54, 1.807) is 24.3 Å². The van der Waals surface area contributed by atoms with Crippen molar-refractivity contribution in [1.82, 2.24) is 10.6 Å². The Morgan fingerprint density at radius 3 is 2.76 bits per heavy atom. The zero-order chi connectivity index (χ0) is 21.2. The summed E-state index contributed by atoms with van der Waals surface area (Å²) < 4.78 is 5.71. The summed E-state index contributed by atoms with van der Waals surface area (Å²) in [5.74, 6) is -1.68. The minimum atomic E-state index is -1.01. The first-order valence-electron chi connectivity index (χ1n) is 9.44. The molecule has 0 radical (unpaired) electrons. The molecule has 0 aromatic heterocycles. The van der Waals surface area contributed by atoms with Gasteiger partial charge in [0.25, 0.3) is 5.91 Å². The summed E-state index contributed by atoms with van der Waals surface area (Å²) in [6, 6.07) is 6.59. The summed E-state index contributed by atoms with van der Waals surface area (Å²) in [5.41, 5.74) is 10.9. The molecule has 0 aliphatic carbocycles. The third-order valence-electron chi connectivity index (χ3n) is 4.45. The van der Waals surface area contributed by atoms with Crippen LogP contribution in [0.4, 0.5) is 0 Å². The van der Waals surface area contributed by atoms with Crippen LogP contribution in [-0.2, 0) is 9.59 Å². The summed E-state index contributed by atoms with van der Waals surface area (Å²) in [6.07, 6.45) is 1.65. The zero-order valence-electron chi connectivity index (χ0n) is 16.1. The summed E-state index contributed by atoms with van der Waals surface area (Å²) in [5, 5.41) is 14.3. The molecule has 29 heavy (non-hydrogen) atoms. The number of aliphatic carboxylic acids is 1. The molecule has 2 rings (SSSR count). The number of aliphatic imine (C=N–C) groups is 1. The number of carbonyl (C=O) groups is 3. The van der Waals surface area contributed by atoms with Gasteiger partial charge in [0.05, 0.1) is 24.5 Å². The number of carbonyl (C=O) groups excluding carboxylic acids is 2. The van der Waals surface area contributed by atoms with Crippen LogP contribution in [0.5, 0.6) is 5.75 Å². The average molecular weight is 405 g/mol. The van der Waals surface area contributed by atoms with E-state index in [0.29, 0.717) is 30.9 Å². The van der Waals surface area contributed by atoms with Crippen molar-refractivity contribution in [2.24, 2.45) is 22.4 Å². The van der Waals surface area contributed by atoms with E-state index in [9.17, 15) is 14.4 Å². The van der Waals surface area contributed by atoms with Gasteiger partial charge in [0.2, 0.25) is 5.91 Å². The van der Waals surface area contributed by atoms with E-state index in [1.165, 1.54) is 0 Å². The molecule has 1 saturated heterocycles. The molecule has 10 nitrogen and oxygen atoms in total. The number of hydrogen-bond acceptors (Lipinski definition) is 5. The zero-order valence-corrected chi connectivity index (χ0v) is 16.1. The van der Waals surface area contributed by atoms with Crippen LogP contribution in [0.25, 0.3) is 0 Å². The lowest BCUT2D eigenvalue weighted by Gasteiger charge is -2.14. The minimum Gasteiger partial charge on any atom is -0.493 e. The Morgan fingerprint density at radius 1 is 1.28 bits per heavy atom. The van der Waals surface area contributed by atoms with Gasteiger partial charge in [-0.3, -0.25) is 19.4 Å². The number of ether oxygens (including phenoxy) is 1. The number of nitrogens with zero attached hydrogens (tertiary/aromatic N) is 1.